The lowest BCUT2D eigenvalue weighted by Crippen LogP contribution is -2.28. The summed E-state index contributed by atoms with van der Waals surface area (Å²) in [5.74, 6) is -0.242. The second-order valence-electron chi connectivity index (χ2n) is 5.18. The van der Waals surface area contributed by atoms with Gasteiger partial charge < -0.3 is 5.32 Å². The van der Waals surface area contributed by atoms with Crippen LogP contribution in [-0.4, -0.2) is 20.9 Å². The van der Waals surface area contributed by atoms with Crippen LogP contribution in [0.25, 0.3) is 0 Å². The van der Waals surface area contributed by atoms with Crippen molar-refractivity contribution in [3.63, 3.8) is 0 Å². The van der Waals surface area contributed by atoms with Crippen molar-refractivity contribution in [1.29, 1.82) is 0 Å². The van der Waals surface area contributed by atoms with E-state index < -0.39 is 10.0 Å². The summed E-state index contributed by atoms with van der Waals surface area (Å²) in [4.78, 5) is 12.1. The number of halogens is 1. The molecule has 0 spiro atoms. The number of aryl methyl sites for hydroxylation is 1. The minimum absolute atomic E-state index is 0.0303. The van der Waals surface area contributed by atoms with Crippen molar-refractivity contribution in [1.82, 2.24) is 4.72 Å². The van der Waals surface area contributed by atoms with Crippen molar-refractivity contribution in [2.45, 2.75) is 24.7 Å². The van der Waals surface area contributed by atoms with Crippen molar-refractivity contribution in [3.05, 3.63) is 58.6 Å². The Labute approximate surface area is 150 Å². The summed E-state index contributed by atoms with van der Waals surface area (Å²) in [6, 6.07) is 14.1. The molecule has 0 aliphatic carbocycles. The van der Waals surface area contributed by atoms with Crippen LogP contribution in [-0.2, 0) is 21.2 Å². The second-order valence-corrected chi connectivity index (χ2v) is 7.77. The van der Waals surface area contributed by atoms with Gasteiger partial charge in [0.25, 0.3) is 0 Å². The highest BCUT2D eigenvalue weighted by Crippen LogP contribution is 2.20. The molecule has 0 fully saturated rings. The van der Waals surface area contributed by atoms with Gasteiger partial charge in [-0.25, -0.2) is 13.1 Å². The van der Waals surface area contributed by atoms with Crippen LogP contribution in [0.15, 0.2) is 57.9 Å². The Morgan fingerprint density at radius 1 is 1.08 bits per heavy atom. The molecule has 0 saturated heterocycles. The number of nitrogens with one attached hydrogen (secondary N) is 2. The number of carbonyl (C=O) groups excluding carboxylic acids is 1. The van der Waals surface area contributed by atoms with Gasteiger partial charge in [0.1, 0.15) is 0 Å². The summed E-state index contributed by atoms with van der Waals surface area (Å²) in [6.45, 7) is 2.09. The molecule has 2 aromatic carbocycles. The van der Waals surface area contributed by atoms with Gasteiger partial charge >= 0.3 is 0 Å². The van der Waals surface area contributed by atoms with Crippen molar-refractivity contribution in [2.75, 3.05) is 11.9 Å². The Morgan fingerprint density at radius 2 is 1.75 bits per heavy atom. The van der Waals surface area contributed by atoms with Crippen molar-refractivity contribution in [3.8, 4) is 0 Å². The maximum atomic E-state index is 12.2. The van der Waals surface area contributed by atoms with Crippen LogP contribution < -0.4 is 10.0 Å². The highest BCUT2D eigenvalue weighted by atomic mass is 79.9. The molecule has 2 N–H and O–H groups in total. The fourth-order valence-corrected chi connectivity index (χ4v) is 4.12. The quantitative estimate of drug-likeness (QED) is 0.734. The standard InChI is InChI=1S/C17H19BrN2O3S/c1-2-13-7-9-14(10-8-13)20-17(21)11-12-19-24(22,23)16-6-4-3-5-15(16)18/h3-10,19H,2,11-12H2,1H3,(H,20,21). The lowest BCUT2D eigenvalue weighted by atomic mass is 10.1. The summed E-state index contributed by atoms with van der Waals surface area (Å²) in [5.41, 5.74) is 1.89. The number of carbonyl (C=O) groups is 1. The summed E-state index contributed by atoms with van der Waals surface area (Å²) >= 11 is 3.21. The van der Waals surface area contributed by atoms with Gasteiger partial charge in [0, 0.05) is 23.1 Å². The maximum absolute atomic E-state index is 12.2. The molecule has 0 atom stereocenters. The first-order valence-corrected chi connectivity index (χ1v) is 9.83. The van der Waals surface area contributed by atoms with E-state index in [1.54, 1.807) is 18.2 Å². The summed E-state index contributed by atoms with van der Waals surface area (Å²) in [7, 11) is -3.65. The van der Waals surface area contributed by atoms with E-state index in [-0.39, 0.29) is 23.8 Å². The molecular formula is C17H19BrN2O3S. The zero-order chi connectivity index (χ0) is 17.6. The zero-order valence-electron chi connectivity index (χ0n) is 13.3. The van der Waals surface area contributed by atoms with Crippen LogP contribution in [0.4, 0.5) is 5.69 Å². The van der Waals surface area contributed by atoms with E-state index in [1.807, 2.05) is 24.3 Å². The van der Waals surface area contributed by atoms with Gasteiger partial charge in [-0.15, -0.1) is 0 Å². The van der Waals surface area contributed by atoms with Crippen molar-refractivity contribution < 1.29 is 13.2 Å². The van der Waals surface area contributed by atoms with E-state index in [4.69, 9.17) is 0 Å². The van der Waals surface area contributed by atoms with Gasteiger partial charge in [-0.2, -0.15) is 0 Å². The average molecular weight is 411 g/mol. The molecular weight excluding hydrogens is 392 g/mol. The molecule has 0 aromatic heterocycles. The van der Waals surface area contributed by atoms with Crippen LogP contribution in [0.1, 0.15) is 18.9 Å². The number of hydrogen-bond donors (Lipinski definition) is 2. The third-order valence-corrected chi connectivity index (χ3v) is 5.89. The average Bonchev–Trinajstić information content (AvgIpc) is 2.55. The largest absolute Gasteiger partial charge is 0.326 e. The van der Waals surface area contributed by atoms with E-state index in [9.17, 15) is 13.2 Å². The lowest BCUT2D eigenvalue weighted by Gasteiger charge is -2.09. The smallest absolute Gasteiger partial charge is 0.241 e. The number of hydrogen-bond acceptors (Lipinski definition) is 3. The first-order chi connectivity index (χ1) is 11.4. The molecule has 0 heterocycles. The van der Waals surface area contributed by atoms with E-state index in [2.05, 4.69) is 32.9 Å². The molecule has 7 heteroatoms. The predicted molar refractivity (Wildman–Crippen MR) is 98.4 cm³/mol. The summed E-state index contributed by atoms with van der Waals surface area (Å²) in [6.07, 6.45) is 0.990. The summed E-state index contributed by atoms with van der Waals surface area (Å²) in [5, 5.41) is 2.75. The van der Waals surface area contributed by atoms with Crippen molar-refractivity contribution >= 4 is 37.5 Å². The Kier molecular flexibility index (Phi) is 6.53. The molecule has 2 aromatic rings. The van der Waals surface area contributed by atoms with Gasteiger partial charge in [0.05, 0.1) is 4.90 Å². The molecule has 0 aliphatic rings. The number of rotatable bonds is 7. The first-order valence-electron chi connectivity index (χ1n) is 7.55. The Morgan fingerprint density at radius 3 is 2.38 bits per heavy atom. The third-order valence-electron chi connectivity index (χ3n) is 3.42. The van der Waals surface area contributed by atoms with Crippen LogP contribution in [0.2, 0.25) is 0 Å². The number of amides is 1. The highest BCUT2D eigenvalue weighted by Gasteiger charge is 2.16. The molecule has 128 valence electrons. The van der Waals surface area contributed by atoms with Crippen LogP contribution in [0, 0.1) is 0 Å². The monoisotopic (exact) mass is 410 g/mol. The van der Waals surface area contributed by atoms with Gasteiger partial charge in [-0.3, -0.25) is 4.79 Å². The highest BCUT2D eigenvalue weighted by molar-refractivity contribution is 9.10. The van der Waals surface area contributed by atoms with Crippen LogP contribution >= 0.6 is 15.9 Å². The molecule has 1 amide bonds. The minimum Gasteiger partial charge on any atom is -0.326 e. The van der Waals surface area contributed by atoms with Crippen LogP contribution in [0.5, 0.6) is 0 Å². The van der Waals surface area contributed by atoms with E-state index in [1.165, 1.54) is 11.6 Å². The zero-order valence-corrected chi connectivity index (χ0v) is 15.7. The Bertz CT molecular complexity index is 805. The molecule has 0 bridgehead atoms. The topological polar surface area (TPSA) is 75.3 Å². The second kappa shape index (κ2) is 8.41. The molecule has 0 aliphatic heterocycles. The van der Waals surface area contributed by atoms with Gasteiger partial charge in [-0.05, 0) is 52.2 Å². The summed E-state index contributed by atoms with van der Waals surface area (Å²) < 4.78 is 27.3. The number of benzene rings is 2. The lowest BCUT2D eigenvalue weighted by molar-refractivity contribution is -0.116. The fourth-order valence-electron chi connectivity index (χ4n) is 2.09. The van der Waals surface area contributed by atoms with E-state index >= 15 is 0 Å². The van der Waals surface area contributed by atoms with Crippen molar-refractivity contribution in [2.24, 2.45) is 0 Å². The number of sulfonamides is 1. The molecule has 24 heavy (non-hydrogen) atoms. The van der Waals surface area contributed by atoms with Gasteiger partial charge in [0.2, 0.25) is 15.9 Å². The van der Waals surface area contributed by atoms with Gasteiger partial charge in [-0.1, -0.05) is 31.2 Å². The van der Waals surface area contributed by atoms with E-state index in [0.717, 1.165) is 6.42 Å². The molecule has 0 saturated carbocycles. The Balaban J connectivity index is 1.86. The first kappa shape index (κ1) is 18.6. The molecule has 5 nitrogen and oxygen atoms in total. The predicted octanol–water partition coefficient (Wildman–Crippen LogP) is 3.32. The van der Waals surface area contributed by atoms with Gasteiger partial charge in [0.15, 0.2) is 0 Å². The normalized spacial score (nSPS) is 11.2. The Hall–Kier alpha value is -1.70. The molecule has 0 unspecified atom stereocenters. The van der Waals surface area contributed by atoms with E-state index in [0.29, 0.717) is 10.2 Å². The molecule has 0 radical (unpaired) electrons. The fraction of sp³-hybridized carbons (Fsp3) is 0.235. The number of anilines is 1. The van der Waals surface area contributed by atoms with Crippen LogP contribution in [0.3, 0.4) is 0 Å². The third kappa shape index (κ3) is 5.15. The maximum Gasteiger partial charge on any atom is 0.241 e. The SMILES string of the molecule is CCc1ccc(NC(=O)CCNS(=O)(=O)c2ccccc2Br)cc1. The molecule has 2 rings (SSSR count). The minimum atomic E-state index is -3.65.